The van der Waals surface area contributed by atoms with Crippen molar-refractivity contribution in [1.29, 1.82) is 0 Å². The molecule has 6 nitrogen and oxygen atoms in total. The fraction of sp³-hybridized carbons (Fsp3) is 0.613. The van der Waals surface area contributed by atoms with E-state index in [1.165, 1.54) is 46.1 Å². The maximum Gasteiger partial charge on any atom is 0.128 e. The van der Waals surface area contributed by atoms with Gasteiger partial charge < -0.3 is 30.9 Å². The van der Waals surface area contributed by atoms with Crippen molar-refractivity contribution < 1.29 is 25.2 Å². The SMILES string of the molecule is CC.CC.COCC(O)CC(O)C(N)O.Cc1ccc(C2CC(CO)Cc3cc(C)c(C)cc32)cc1C. The number of hydrogen-bond donors (Lipinski definition) is 5. The van der Waals surface area contributed by atoms with Gasteiger partial charge in [0.05, 0.1) is 18.8 Å². The minimum Gasteiger partial charge on any atom is -0.396 e. The third-order valence-corrected chi connectivity index (χ3v) is 6.67. The number of aliphatic hydroxyl groups excluding tert-OH is 4. The Balaban J connectivity index is 0.000000735. The number of hydrogen-bond acceptors (Lipinski definition) is 6. The fourth-order valence-corrected chi connectivity index (χ4v) is 4.37. The molecule has 1 aliphatic rings. The Bertz CT molecular complexity index is 899. The number of rotatable bonds is 7. The first kappa shape index (κ1) is 35.2. The second-order valence-corrected chi connectivity index (χ2v) is 9.42. The van der Waals surface area contributed by atoms with Crippen molar-refractivity contribution in [3.63, 3.8) is 0 Å². The smallest absolute Gasteiger partial charge is 0.128 e. The zero-order valence-electron chi connectivity index (χ0n) is 24.6. The molecule has 1 aliphatic carbocycles. The maximum absolute atomic E-state index is 9.70. The molecule has 0 aromatic heterocycles. The van der Waals surface area contributed by atoms with Gasteiger partial charge in [-0.3, -0.25) is 0 Å². The van der Waals surface area contributed by atoms with Crippen LogP contribution in [0.15, 0.2) is 30.3 Å². The minimum atomic E-state index is -1.30. The predicted molar refractivity (Wildman–Crippen MR) is 154 cm³/mol. The zero-order valence-corrected chi connectivity index (χ0v) is 24.6. The molecule has 0 spiro atoms. The topological polar surface area (TPSA) is 116 Å². The summed E-state index contributed by atoms with van der Waals surface area (Å²) in [6, 6.07) is 11.5. The summed E-state index contributed by atoms with van der Waals surface area (Å²) in [4.78, 5) is 0. The van der Waals surface area contributed by atoms with E-state index in [1.807, 2.05) is 27.7 Å². The molecular formula is C31H53NO5. The second kappa shape index (κ2) is 18.5. The number of fused-ring (bicyclic) bond motifs is 1. The summed E-state index contributed by atoms with van der Waals surface area (Å²) < 4.78 is 4.60. The monoisotopic (exact) mass is 519 g/mol. The number of benzene rings is 2. The molecule has 6 N–H and O–H groups in total. The Labute approximate surface area is 225 Å². The first-order valence-corrected chi connectivity index (χ1v) is 13.6. The Morgan fingerprint density at radius 1 is 0.892 bits per heavy atom. The van der Waals surface area contributed by atoms with Crippen molar-refractivity contribution in [1.82, 2.24) is 0 Å². The third kappa shape index (κ3) is 11.2. The molecule has 0 saturated heterocycles. The van der Waals surface area contributed by atoms with Crippen molar-refractivity contribution >= 4 is 0 Å². The van der Waals surface area contributed by atoms with E-state index in [2.05, 4.69) is 62.8 Å². The van der Waals surface area contributed by atoms with Gasteiger partial charge in [-0.2, -0.15) is 0 Å². The van der Waals surface area contributed by atoms with Crippen molar-refractivity contribution in [3.8, 4) is 0 Å². The largest absolute Gasteiger partial charge is 0.396 e. The van der Waals surface area contributed by atoms with E-state index in [1.54, 1.807) is 0 Å². The van der Waals surface area contributed by atoms with Crippen molar-refractivity contribution in [3.05, 3.63) is 69.3 Å². The Morgan fingerprint density at radius 2 is 1.46 bits per heavy atom. The minimum absolute atomic E-state index is 0.0194. The van der Waals surface area contributed by atoms with Crippen LogP contribution < -0.4 is 5.73 Å². The van der Waals surface area contributed by atoms with Gasteiger partial charge in [-0.05, 0) is 85.4 Å². The van der Waals surface area contributed by atoms with Crippen LogP contribution in [0.3, 0.4) is 0 Å². The van der Waals surface area contributed by atoms with Crippen LogP contribution >= 0.6 is 0 Å². The highest BCUT2D eigenvalue weighted by Gasteiger charge is 2.28. The molecule has 0 heterocycles. The maximum atomic E-state index is 9.70. The highest BCUT2D eigenvalue weighted by molar-refractivity contribution is 5.46. The Kier molecular flexibility index (Phi) is 17.6. The fourth-order valence-electron chi connectivity index (χ4n) is 4.37. The van der Waals surface area contributed by atoms with Gasteiger partial charge in [-0.25, -0.2) is 0 Å². The Hall–Kier alpha value is -1.80. The normalized spacial score (nSPS) is 18.4. The molecule has 2 aromatic carbocycles. The number of aliphatic hydroxyl groups is 4. The zero-order chi connectivity index (χ0) is 28.7. The molecule has 5 unspecified atom stereocenters. The number of ether oxygens (including phenoxy) is 1. The van der Waals surface area contributed by atoms with E-state index in [4.69, 9.17) is 21.1 Å². The van der Waals surface area contributed by atoms with E-state index < -0.39 is 18.4 Å². The van der Waals surface area contributed by atoms with Crippen molar-refractivity contribution in [2.75, 3.05) is 20.3 Å². The van der Waals surface area contributed by atoms with E-state index in [-0.39, 0.29) is 19.6 Å². The van der Waals surface area contributed by atoms with Crippen LogP contribution in [0.5, 0.6) is 0 Å². The van der Waals surface area contributed by atoms with Crippen LogP contribution in [0.2, 0.25) is 0 Å². The first-order chi connectivity index (χ1) is 17.6. The lowest BCUT2D eigenvalue weighted by Crippen LogP contribution is -2.37. The average Bonchev–Trinajstić information content (AvgIpc) is 2.88. The molecule has 0 amide bonds. The molecule has 37 heavy (non-hydrogen) atoms. The van der Waals surface area contributed by atoms with Crippen molar-refractivity contribution in [2.24, 2.45) is 11.7 Å². The lowest BCUT2D eigenvalue weighted by atomic mass is 9.73. The molecule has 2 aromatic rings. The molecule has 6 heteroatoms. The summed E-state index contributed by atoms with van der Waals surface area (Å²) in [5.41, 5.74) is 14.7. The van der Waals surface area contributed by atoms with Gasteiger partial charge in [0.1, 0.15) is 6.23 Å². The molecule has 0 radical (unpaired) electrons. The van der Waals surface area contributed by atoms with Gasteiger partial charge in [-0.1, -0.05) is 58.0 Å². The molecule has 5 atom stereocenters. The van der Waals surface area contributed by atoms with E-state index in [0.29, 0.717) is 11.8 Å². The lowest BCUT2D eigenvalue weighted by Gasteiger charge is -2.32. The van der Waals surface area contributed by atoms with E-state index >= 15 is 0 Å². The molecule has 212 valence electrons. The summed E-state index contributed by atoms with van der Waals surface area (Å²) in [5.74, 6) is 0.792. The quantitative estimate of drug-likeness (QED) is 0.339. The van der Waals surface area contributed by atoms with E-state index in [0.717, 1.165) is 12.8 Å². The van der Waals surface area contributed by atoms with Crippen molar-refractivity contribution in [2.45, 2.75) is 99.0 Å². The van der Waals surface area contributed by atoms with E-state index in [9.17, 15) is 5.11 Å². The molecule has 0 bridgehead atoms. The standard InChI is InChI=1S/C21H26O.C6H15NO4.2C2H6/c1-13-5-6-18(7-14(13)2)21-11-17(12-22)10-19-8-15(3)16(4)9-20(19)21;1-11-3-4(8)2-5(9)6(7)10;2*1-2/h5-9,17,21-22H,10-12H2,1-4H3;4-6,8-10H,2-3,7H2,1H3;2*1-2H3. The van der Waals surface area contributed by atoms with Gasteiger partial charge in [0.25, 0.3) is 0 Å². The first-order valence-electron chi connectivity index (χ1n) is 13.6. The summed E-state index contributed by atoms with van der Waals surface area (Å²) in [6.07, 6.45) is -1.11. The van der Waals surface area contributed by atoms with Gasteiger partial charge in [0.2, 0.25) is 0 Å². The Morgan fingerprint density at radius 3 is 1.97 bits per heavy atom. The number of nitrogens with two attached hydrogens (primary N) is 1. The third-order valence-electron chi connectivity index (χ3n) is 6.67. The average molecular weight is 520 g/mol. The molecular weight excluding hydrogens is 466 g/mol. The molecule has 0 saturated carbocycles. The van der Waals surface area contributed by atoms with Crippen LogP contribution in [-0.2, 0) is 11.2 Å². The predicted octanol–water partition coefficient (Wildman–Crippen LogP) is 4.68. The summed E-state index contributed by atoms with van der Waals surface area (Å²) in [6.45, 7) is 17.1. The molecule has 3 rings (SSSR count). The number of methoxy groups -OCH3 is 1. The summed E-state index contributed by atoms with van der Waals surface area (Å²) >= 11 is 0. The van der Waals surface area contributed by atoms with Crippen LogP contribution in [0.4, 0.5) is 0 Å². The highest BCUT2D eigenvalue weighted by Crippen LogP contribution is 2.40. The summed E-state index contributed by atoms with van der Waals surface area (Å²) in [5, 5.41) is 36.3. The van der Waals surface area contributed by atoms with Gasteiger partial charge in [0, 0.05) is 26.1 Å². The van der Waals surface area contributed by atoms with Crippen LogP contribution in [0.25, 0.3) is 0 Å². The van der Waals surface area contributed by atoms with Crippen LogP contribution in [0, 0.1) is 33.6 Å². The second-order valence-electron chi connectivity index (χ2n) is 9.42. The number of aryl methyl sites for hydroxylation is 4. The lowest BCUT2D eigenvalue weighted by molar-refractivity contribution is -0.0261. The molecule has 0 fully saturated rings. The summed E-state index contributed by atoms with van der Waals surface area (Å²) in [7, 11) is 1.44. The van der Waals surface area contributed by atoms with Crippen LogP contribution in [0.1, 0.15) is 85.4 Å². The van der Waals surface area contributed by atoms with Gasteiger partial charge in [-0.15, -0.1) is 0 Å². The molecule has 0 aliphatic heterocycles. The highest BCUT2D eigenvalue weighted by atomic mass is 16.5. The van der Waals surface area contributed by atoms with Gasteiger partial charge >= 0.3 is 0 Å². The van der Waals surface area contributed by atoms with Gasteiger partial charge in [0.15, 0.2) is 0 Å². The van der Waals surface area contributed by atoms with Crippen LogP contribution in [-0.4, -0.2) is 59.2 Å².